The van der Waals surface area contributed by atoms with Crippen LogP contribution in [0.15, 0.2) is 12.1 Å². The number of hydrogen-bond acceptors (Lipinski definition) is 2. The molecule has 1 aliphatic rings. The molecule has 1 aliphatic carbocycles. The Balaban J connectivity index is 0.000000199. The van der Waals surface area contributed by atoms with Crippen molar-refractivity contribution >= 4 is 0 Å². The van der Waals surface area contributed by atoms with Gasteiger partial charge in [0, 0.05) is 29.4 Å². The Morgan fingerprint density at radius 1 is 0.963 bits per heavy atom. The molecular formula is C18H25F5N4. The van der Waals surface area contributed by atoms with Crippen LogP contribution in [-0.4, -0.2) is 19.6 Å². The first-order valence-electron chi connectivity index (χ1n) is 8.92. The number of aromatic nitrogens is 4. The number of nitrogens with zero attached hydrogens (tertiary/aromatic N) is 4. The molecule has 2 aromatic rings. The monoisotopic (exact) mass is 392 g/mol. The van der Waals surface area contributed by atoms with Crippen LogP contribution in [0.25, 0.3) is 0 Å². The summed E-state index contributed by atoms with van der Waals surface area (Å²) in [7, 11) is 0. The molecule has 9 heteroatoms. The standard InChI is InChI=1S/C10H13F3N2.C8H12F2N2/c1-6(2)15-8(7-3-4-7)5-9(14-15)10(11,12)13;1-5(2)12-6(3)4-7(11-12)8(9)10/h5-7H,3-4H2,1-2H3;4-5,8H,1-3H3. The highest BCUT2D eigenvalue weighted by atomic mass is 19.4. The molecular weight excluding hydrogens is 367 g/mol. The van der Waals surface area contributed by atoms with Crippen molar-refractivity contribution in [2.24, 2.45) is 0 Å². The second-order valence-corrected chi connectivity index (χ2v) is 7.31. The quantitative estimate of drug-likeness (QED) is 0.592. The Morgan fingerprint density at radius 3 is 1.85 bits per heavy atom. The van der Waals surface area contributed by atoms with Crippen molar-refractivity contribution in [1.29, 1.82) is 0 Å². The number of hydrogen-bond donors (Lipinski definition) is 0. The molecule has 0 spiro atoms. The van der Waals surface area contributed by atoms with Gasteiger partial charge in [-0.3, -0.25) is 9.36 Å². The summed E-state index contributed by atoms with van der Waals surface area (Å²) in [5.74, 6) is 0.288. The van der Waals surface area contributed by atoms with Gasteiger partial charge in [0.25, 0.3) is 6.43 Å². The van der Waals surface area contributed by atoms with Crippen LogP contribution in [0.4, 0.5) is 22.0 Å². The molecule has 3 rings (SSSR count). The normalized spacial score (nSPS) is 14.9. The maximum atomic E-state index is 12.5. The summed E-state index contributed by atoms with van der Waals surface area (Å²) >= 11 is 0. The summed E-state index contributed by atoms with van der Waals surface area (Å²) in [5.41, 5.74) is 0.608. The summed E-state index contributed by atoms with van der Waals surface area (Å²) in [6, 6.07) is 2.73. The topological polar surface area (TPSA) is 35.6 Å². The van der Waals surface area contributed by atoms with Gasteiger partial charge in [0.2, 0.25) is 0 Å². The summed E-state index contributed by atoms with van der Waals surface area (Å²) in [4.78, 5) is 0. The Labute approximate surface area is 155 Å². The van der Waals surface area contributed by atoms with Crippen LogP contribution in [0.5, 0.6) is 0 Å². The van der Waals surface area contributed by atoms with Gasteiger partial charge >= 0.3 is 6.18 Å². The number of rotatable bonds is 4. The van der Waals surface area contributed by atoms with Crippen molar-refractivity contribution in [3.8, 4) is 0 Å². The summed E-state index contributed by atoms with van der Waals surface area (Å²) in [6.45, 7) is 9.29. The van der Waals surface area contributed by atoms with Gasteiger partial charge < -0.3 is 0 Å². The van der Waals surface area contributed by atoms with Gasteiger partial charge in [0.15, 0.2) is 5.69 Å². The second kappa shape index (κ2) is 7.98. The molecule has 0 radical (unpaired) electrons. The predicted molar refractivity (Wildman–Crippen MR) is 91.9 cm³/mol. The fourth-order valence-electron chi connectivity index (χ4n) is 2.79. The average Bonchev–Trinajstić information content (AvgIpc) is 3.13. The van der Waals surface area contributed by atoms with Crippen LogP contribution in [0.2, 0.25) is 0 Å². The van der Waals surface area contributed by atoms with Gasteiger partial charge in [-0.1, -0.05) is 0 Å². The van der Waals surface area contributed by atoms with E-state index in [0.29, 0.717) is 0 Å². The minimum atomic E-state index is -4.33. The number of aryl methyl sites for hydroxylation is 1. The Bertz CT molecular complexity index is 735. The molecule has 0 bridgehead atoms. The highest BCUT2D eigenvalue weighted by Crippen LogP contribution is 2.42. The van der Waals surface area contributed by atoms with E-state index in [2.05, 4.69) is 10.2 Å². The third-order valence-electron chi connectivity index (χ3n) is 4.19. The van der Waals surface area contributed by atoms with Gasteiger partial charge in [0.1, 0.15) is 5.69 Å². The lowest BCUT2D eigenvalue weighted by molar-refractivity contribution is -0.141. The zero-order valence-corrected chi connectivity index (χ0v) is 16.1. The van der Waals surface area contributed by atoms with Crippen LogP contribution >= 0.6 is 0 Å². The van der Waals surface area contributed by atoms with Gasteiger partial charge in [0.05, 0.1) is 0 Å². The van der Waals surface area contributed by atoms with Gasteiger partial charge in [-0.25, -0.2) is 8.78 Å². The molecule has 1 fully saturated rings. The van der Waals surface area contributed by atoms with E-state index in [0.717, 1.165) is 24.2 Å². The maximum Gasteiger partial charge on any atom is 0.435 e. The first-order valence-corrected chi connectivity index (χ1v) is 8.92. The van der Waals surface area contributed by atoms with E-state index in [1.165, 1.54) is 16.8 Å². The lowest BCUT2D eigenvalue weighted by Crippen LogP contribution is -2.10. The van der Waals surface area contributed by atoms with Gasteiger partial charge in [-0.2, -0.15) is 23.4 Å². The summed E-state index contributed by atoms with van der Waals surface area (Å²) in [6.07, 6.45) is -4.83. The SMILES string of the molecule is CC(C)n1nc(C(F)(F)F)cc1C1CC1.Cc1cc(C(F)F)nn1C(C)C. The van der Waals surface area contributed by atoms with E-state index in [-0.39, 0.29) is 23.7 Å². The molecule has 152 valence electrons. The molecule has 0 saturated heterocycles. The van der Waals surface area contributed by atoms with E-state index in [1.54, 1.807) is 11.6 Å². The van der Waals surface area contributed by atoms with Crippen LogP contribution in [0, 0.1) is 6.92 Å². The highest BCUT2D eigenvalue weighted by Gasteiger charge is 2.38. The van der Waals surface area contributed by atoms with Crippen LogP contribution in [0.3, 0.4) is 0 Å². The van der Waals surface area contributed by atoms with Crippen molar-refractivity contribution in [2.45, 2.75) is 78.1 Å². The molecule has 4 nitrogen and oxygen atoms in total. The third-order valence-corrected chi connectivity index (χ3v) is 4.19. The van der Waals surface area contributed by atoms with E-state index >= 15 is 0 Å². The van der Waals surface area contributed by atoms with E-state index < -0.39 is 18.3 Å². The molecule has 0 N–H and O–H groups in total. The third kappa shape index (κ3) is 5.29. The second-order valence-electron chi connectivity index (χ2n) is 7.31. The molecule has 0 unspecified atom stereocenters. The largest absolute Gasteiger partial charge is 0.435 e. The van der Waals surface area contributed by atoms with E-state index in [4.69, 9.17) is 0 Å². The smallest absolute Gasteiger partial charge is 0.267 e. The van der Waals surface area contributed by atoms with Crippen molar-refractivity contribution in [2.75, 3.05) is 0 Å². The van der Waals surface area contributed by atoms with Crippen LogP contribution in [0.1, 0.15) is 87.7 Å². The number of alkyl halides is 5. The highest BCUT2D eigenvalue weighted by molar-refractivity contribution is 5.21. The minimum Gasteiger partial charge on any atom is -0.267 e. The van der Waals surface area contributed by atoms with Gasteiger partial charge in [-0.15, -0.1) is 0 Å². The first kappa shape index (κ1) is 21.4. The number of halogens is 5. The molecule has 2 heterocycles. The molecule has 0 atom stereocenters. The fraction of sp³-hybridized carbons (Fsp3) is 0.667. The zero-order valence-electron chi connectivity index (χ0n) is 16.1. The fourth-order valence-corrected chi connectivity index (χ4v) is 2.79. The van der Waals surface area contributed by atoms with Crippen molar-refractivity contribution in [3.05, 3.63) is 34.9 Å². The Kier molecular flexibility index (Phi) is 6.32. The molecule has 0 aromatic carbocycles. The van der Waals surface area contributed by atoms with Crippen molar-refractivity contribution in [1.82, 2.24) is 19.6 Å². The lowest BCUT2D eigenvalue weighted by atomic mass is 10.2. The Morgan fingerprint density at radius 2 is 1.52 bits per heavy atom. The summed E-state index contributed by atoms with van der Waals surface area (Å²) in [5, 5.41) is 7.41. The van der Waals surface area contributed by atoms with Crippen molar-refractivity contribution in [3.63, 3.8) is 0 Å². The summed E-state index contributed by atoms with van der Waals surface area (Å²) < 4.78 is 64.8. The van der Waals surface area contributed by atoms with Gasteiger partial charge in [-0.05, 0) is 59.6 Å². The average molecular weight is 392 g/mol. The molecule has 1 saturated carbocycles. The Hall–Kier alpha value is -1.93. The first-order chi connectivity index (χ1) is 12.4. The molecule has 2 aromatic heterocycles. The van der Waals surface area contributed by atoms with Crippen LogP contribution < -0.4 is 0 Å². The molecule has 27 heavy (non-hydrogen) atoms. The van der Waals surface area contributed by atoms with Crippen LogP contribution in [-0.2, 0) is 6.18 Å². The zero-order chi connectivity index (χ0) is 20.5. The van der Waals surface area contributed by atoms with E-state index in [1.807, 2.05) is 27.7 Å². The molecule has 0 aliphatic heterocycles. The van der Waals surface area contributed by atoms with E-state index in [9.17, 15) is 22.0 Å². The molecule has 0 amide bonds. The minimum absolute atomic E-state index is 0.0169. The van der Waals surface area contributed by atoms with Crippen molar-refractivity contribution < 1.29 is 22.0 Å². The lowest BCUT2D eigenvalue weighted by Gasteiger charge is -2.09. The predicted octanol–water partition coefficient (Wildman–Crippen LogP) is 6.07. The maximum absolute atomic E-state index is 12.5.